The Morgan fingerprint density at radius 3 is 3.00 bits per heavy atom. The van der Waals surface area contributed by atoms with Crippen LogP contribution in [-0.2, 0) is 6.42 Å². The maximum atomic E-state index is 12.1. The van der Waals surface area contributed by atoms with Gasteiger partial charge in [-0.05, 0) is 24.1 Å². The van der Waals surface area contributed by atoms with Crippen LogP contribution in [0.1, 0.15) is 27.7 Å². The molecule has 2 heterocycles. The first-order valence-corrected chi connectivity index (χ1v) is 6.91. The summed E-state index contributed by atoms with van der Waals surface area (Å²) in [5.41, 5.74) is 8.39. The van der Waals surface area contributed by atoms with Crippen molar-refractivity contribution in [2.24, 2.45) is 0 Å². The van der Waals surface area contributed by atoms with E-state index in [2.05, 4.69) is 32.7 Å². The maximum absolute atomic E-state index is 12.1. The molecule has 1 aromatic heterocycles. The van der Waals surface area contributed by atoms with Crippen LogP contribution >= 0.6 is 0 Å². The van der Waals surface area contributed by atoms with Crippen molar-refractivity contribution in [1.82, 2.24) is 20.6 Å². The lowest BCUT2D eigenvalue weighted by Crippen LogP contribution is -2.39. The number of benzene rings is 1. The van der Waals surface area contributed by atoms with E-state index in [1.807, 2.05) is 12.1 Å². The Morgan fingerprint density at radius 2 is 2.14 bits per heavy atom. The van der Waals surface area contributed by atoms with Crippen molar-refractivity contribution in [1.29, 1.82) is 0 Å². The predicted molar refractivity (Wildman–Crippen MR) is 79.7 cm³/mol. The number of nitrogens with zero attached hydrogens (tertiary/aromatic N) is 2. The third kappa shape index (κ3) is 2.85. The van der Waals surface area contributed by atoms with Gasteiger partial charge in [0.2, 0.25) is 0 Å². The minimum Gasteiger partial charge on any atom is -0.382 e. The minimum atomic E-state index is -0.301. The predicted octanol–water partition coefficient (Wildman–Crippen LogP) is 0.676. The molecule has 0 bridgehead atoms. The van der Waals surface area contributed by atoms with E-state index in [4.69, 9.17) is 5.73 Å². The fraction of sp³-hybridized carbons (Fsp3) is 0.267. The average molecular weight is 283 g/mol. The molecule has 1 aliphatic rings. The standard InChI is InChI=1S/C15H17N5O/c16-14-13(18-7-8-19-14)15(21)20-9-12-11-4-2-1-3-10(11)5-6-17-12/h1-4,7-8,12,17H,5-6,9H2,(H2,16,19)(H,20,21). The lowest BCUT2D eigenvalue weighted by Gasteiger charge is -2.27. The van der Waals surface area contributed by atoms with Crippen molar-refractivity contribution in [2.75, 3.05) is 18.8 Å². The molecule has 108 valence electrons. The molecule has 0 saturated carbocycles. The number of aromatic nitrogens is 2. The van der Waals surface area contributed by atoms with E-state index in [0.29, 0.717) is 6.54 Å². The number of rotatable bonds is 3. The summed E-state index contributed by atoms with van der Waals surface area (Å²) in [5.74, 6) is -0.155. The van der Waals surface area contributed by atoms with Gasteiger partial charge >= 0.3 is 0 Å². The van der Waals surface area contributed by atoms with Gasteiger partial charge in [-0.2, -0.15) is 0 Å². The molecule has 0 spiro atoms. The van der Waals surface area contributed by atoms with Crippen molar-refractivity contribution >= 4 is 11.7 Å². The Hall–Kier alpha value is -2.47. The van der Waals surface area contributed by atoms with E-state index in [-0.39, 0.29) is 23.5 Å². The molecule has 2 aromatic rings. The Balaban J connectivity index is 1.69. The number of nitrogens with two attached hydrogens (primary N) is 1. The Labute approximate surface area is 122 Å². The third-order valence-corrected chi connectivity index (χ3v) is 3.62. The summed E-state index contributed by atoms with van der Waals surface area (Å²) in [4.78, 5) is 19.9. The summed E-state index contributed by atoms with van der Waals surface area (Å²) in [7, 11) is 0. The first kappa shape index (κ1) is 13.5. The molecule has 21 heavy (non-hydrogen) atoms. The van der Waals surface area contributed by atoms with Gasteiger partial charge in [-0.15, -0.1) is 0 Å². The fourth-order valence-corrected chi connectivity index (χ4v) is 2.58. The van der Waals surface area contributed by atoms with E-state index >= 15 is 0 Å². The maximum Gasteiger partial charge on any atom is 0.273 e. The molecule has 4 N–H and O–H groups in total. The number of carbonyl (C=O) groups excluding carboxylic acids is 1. The van der Waals surface area contributed by atoms with Gasteiger partial charge in [-0.3, -0.25) is 4.79 Å². The number of hydrogen-bond donors (Lipinski definition) is 3. The SMILES string of the molecule is Nc1nccnc1C(=O)NCC1NCCc2ccccc21. The fourth-order valence-electron chi connectivity index (χ4n) is 2.58. The average Bonchev–Trinajstić information content (AvgIpc) is 2.53. The molecule has 3 rings (SSSR count). The number of nitrogens with one attached hydrogen (secondary N) is 2. The van der Waals surface area contributed by atoms with Crippen molar-refractivity contribution in [3.63, 3.8) is 0 Å². The Bertz CT molecular complexity index is 658. The van der Waals surface area contributed by atoms with E-state index in [1.54, 1.807) is 0 Å². The van der Waals surface area contributed by atoms with E-state index in [0.717, 1.165) is 13.0 Å². The zero-order valence-electron chi connectivity index (χ0n) is 11.5. The highest BCUT2D eigenvalue weighted by atomic mass is 16.1. The molecule has 0 fully saturated rings. The van der Waals surface area contributed by atoms with Crippen LogP contribution in [0.5, 0.6) is 0 Å². The molecule has 1 amide bonds. The van der Waals surface area contributed by atoms with Gasteiger partial charge in [0, 0.05) is 25.0 Å². The lowest BCUT2D eigenvalue weighted by molar-refractivity contribution is 0.0945. The molecule has 0 radical (unpaired) electrons. The minimum absolute atomic E-state index is 0.108. The second-order valence-electron chi connectivity index (χ2n) is 4.96. The summed E-state index contributed by atoms with van der Waals surface area (Å²) in [6, 6.07) is 8.39. The Kier molecular flexibility index (Phi) is 3.79. The highest BCUT2D eigenvalue weighted by Gasteiger charge is 2.20. The van der Waals surface area contributed by atoms with Crippen molar-refractivity contribution in [3.8, 4) is 0 Å². The highest BCUT2D eigenvalue weighted by Crippen LogP contribution is 2.21. The molecule has 1 unspecified atom stereocenters. The first-order valence-electron chi connectivity index (χ1n) is 6.91. The highest BCUT2D eigenvalue weighted by molar-refractivity contribution is 5.96. The second kappa shape index (κ2) is 5.88. The van der Waals surface area contributed by atoms with E-state index < -0.39 is 0 Å². The molecule has 1 aliphatic heterocycles. The van der Waals surface area contributed by atoms with Gasteiger partial charge in [-0.25, -0.2) is 9.97 Å². The van der Waals surface area contributed by atoms with Crippen molar-refractivity contribution in [2.45, 2.75) is 12.5 Å². The van der Waals surface area contributed by atoms with Crippen LogP contribution < -0.4 is 16.4 Å². The zero-order chi connectivity index (χ0) is 14.7. The van der Waals surface area contributed by atoms with E-state index in [9.17, 15) is 4.79 Å². The topological polar surface area (TPSA) is 92.9 Å². The van der Waals surface area contributed by atoms with Gasteiger partial charge in [-0.1, -0.05) is 24.3 Å². The van der Waals surface area contributed by atoms with Gasteiger partial charge in [0.25, 0.3) is 5.91 Å². The summed E-state index contributed by atoms with van der Waals surface area (Å²) in [5, 5.41) is 6.28. The lowest BCUT2D eigenvalue weighted by atomic mass is 9.94. The summed E-state index contributed by atoms with van der Waals surface area (Å²) >= 11 is 0. The largest absolute Gasteiger partial charge is 0.382 e. The molecule has 0 saturated heterocycles. The molecule has 1 aromatic carbocycles. The number of carbonyl (C=O) groups is 1. The van der Waals surface area contributed by atoms with Gasteiger partial charge < -0.3 is 16.4 Å². The van der Waals surface area contributed by atoms with Crippen LogP contribution in [0.2, 0.25) is 0 Å². The molecule has 0 aliphatic carbocycles. The first-order chi connectivity index (χ1) is 10.3. The van der Waals surface area contributed by atoms with Crippen LogP contribution in [0.4, 0.5) is 5.82 Å². The molecular weight excluding hydrogens is 266 g/mol. The third-order valence-electron chi connectivity index (χ3n) is 3.62. The zero-order valence-corrected chi connectivity index (χ0v) is 11.5. The van der Waals surface area contributed by atoms with Crippen molar-refractivity contribution < 1.29 is 4.79 Å². The molecule has 6 heteroatoms. The second-order valence-corrected chi connectivity index (χ2v) is 4.96. The number of fused-ring (bicyclic) bond motifs is 1. The normalized spacial score (nSPS) is 17.0. The van der Waals surface area contributed by atoms with Gasteiger partial charge in [0.1, 0.15) is 0 Å². The summed E-state index contributed by atoms with van der Waals surface area (Å²) in [6.45, 7) is 1.40. The summed E-state index contributed by atoms with van der Waals surface area (Å²) in [6.07, 6.45) is 3.93. The van der Waals surface area contributed by atoms with Crippen LogP contribution in [0.15, 0.2) is 36.7 Å². The van der Waals surface area contributed by atoms with Gasteiger partial charge in [0.05, 0.1) is 0 Å². The van der Waals surface area contributed by atoms with Crippen LogP contribution in [0, 0.1) is 0 Å². The van der Waals surface area contributed by atoms with Crippen LogP contribution in [0.25, 0.3) is 0 Å². The van der Waals surface area contributed by atoms with Crippen molar-refractivity contribution in [3.05, 3.63) is 53.5 Å². The summed E-state index contributed by atoms with van der Waals surface area (Å²) < 4.78 is 0. The number of anilines is 1. The monoisotopic (exact) mass is 283 g/mol. The van der Waals surface area contributed by atoms with Gasteiger partial charge in [0.15, 0.2) is 11.5 Å². The van der Waals surface area contributed by atoms with Crippen LogP contribution in [-0.4, -0.2) is 29.0 Å². The number of hydrogen-bond acceptors (Lipinski definition) is 5. The molecule has 6 nitrogen and oxygen atoms in total. The number of amides is 1. The van der Waals surface area contributed by atoms with Crippen LogP contribution in [0.3, 0.4) is 0 Å². The molecule has 1 atom stereocenters. The Morgan fingerprint density at radius 1 is 1.33 bits per heavy atom. The quantitative estimate of drug-likeness (QED) is 0.770. The number of nitrogen functional groups attached to an aromatic ring is 1. The molecular formula is C15H17N5O. The van der Waals surface area contributed by atoms with E-state index in [1.165, 1.54) is 23.5 Å². The smallest absolute Gasteiger partial charge is 0.273 e.